The van der Waals surface area contributed by atoms with Gasteiger partial charge >= 0.3 is 5.69 Å². The number of fused-ring (bicyclic) bond motifs is 1. The monoisotopic (exact) mass is 321 g/mol. The molecule has 0 saturated heterocycles. The van der Waals surface area contributed by atoms with Crippen molar-refractivity contribution in [3.8, 4) is 0 Å². The third-order valence-electron chi connectivity index (χ3n) is 3.69. The first-order valence-corrected chi connectivity index (χ1v) is 8.00. The van der Waals surface area contributed by atoms with E-state index in [0.717, 1.165) is 5.56 Å². The first-order chi connectivity index (χ1) is 10.5. The van der Waals surface area contributed by atoms with E-state index in [4.69, 9.17) is 4.42 Å². The molecular weight excluding hydrogens is 306 g/mol. The van der Waals surface area contributed by atoms with E-state index in [-0.39, 0.29) is 18.0 Å². The molecule has 2 N–H and O–H groups in total. The second kappa shape index (κ2) is 5.53. The number of carbonyl (C=O) groups excluding carboxylic acids is 1. The van der Waals surface area contributed by atoms with Crippen molar-refractivity contribution in [1.29, 1.82) is 0 Å². The predicted octanol–water partition coefficient (Wildman–Crippen LogP) is 0.885. The van der Waals surface area contributed by atoms with Gasteiger partial charge in [0.15, 0.2) is 10.9 Å². The minimum Gasteiger partial charge on any atom is -0.444 e. The Morgan fingerprint density at radius 3 is 2.82 bits per heavy atom. The van der Waals surface area contributed by atoms with Crippen LogP contribution >= 0.6 is 11.8 Å². The first kappa shape index (κ1) is 14.7. The third kappa shape index (κ3) is 2.50. The van der Waals surface area contributed by atoms with Gasteiger partial charge in [-0.3, -0.25) is 14.6 Å². The lowest BCUT2D eigenvalue weighted by Crippen LogP contribution is -2.41. The summed E-state index contributed by atoms with van der Waals surface area (Å²) in [7, 11) is 0. The maximum absolute atomic E-state index is 12.6. The van der Waals surface area contributed by atoms with Crippen LogP contribution in [-0.4, -0.2) is 33.6 Å². The van der Waals surface area contributed by atoms with Gasteiger partial charge in [0, 0.05) is 23.4 Å². The number of aromatic amines is 2. The molecule has 2 aromatic heterocycles. The van der Waals surface area contributed by atoms with Crippen molar-refractivity contribution in [2.45, 2.75) is 25.0 Å². The maximum atomic E-state index is 12.6. The van der Waals surface area contributed by atoms with Crippen molar-refractivity contribution in [1.82, 2.24) is 14.9 Å². The number of carbonyl (C=O) groups is 1. The van der Waals surface area contributed by atoms with Crippen molar-refractivity contribution >= 4 is 17.7 Å². The fourth-order valence-electron chi connectivity index (χ4n) is 2.56. The molecule has 116 valence electrons. The summed E-state index contributed by atoms with van der Waals surface area (Å²) < 4.78 is 5.55. The maximum Gasteiger partial charge on any atom is 0.325 e. The van der Waals surface area contributed by atoms with Crippen molar-refractivity contribution in [2.24, 2.45) is 0 Å². The molecule has 0 radical (unpaired) electrons. The molecule has 0 aromatic carbocycles. The highest BCUT2D eigenvalue weighted by atomic mass is 32.2. The lowest BCUT2D eigenvalue weighted by molar-refractivity contribution is 0.0692. The molecule has 2 aromatic rings. The molecule has 1 aliphatic heterocycles. The number of hydrogen-bond acceptors (Lipinski definition) is 5. The summed E-state index contributed by atoms with van der Waals surface area (Å²) in [5, 5.41) is 0.683. The van der Waals surface area contributed by atoms with Crippen LogP contribution in [0.3, 0.4) is 0 Å². The van der Waals surface area contributed by atoms with Crippen LogP contribution in [0.4, 0.5) is 0 Å². The van der Waals surface area contributed by atoms with Gasteiger partial charge < -0.3 is 14.3 Å². The highest BCUT2D eigenvalue weighted by Crippen LogP contribution is 2.25. The Kier molecular flexibility index (Phi) is 3.69. The van der Waals surface area contributed by atoms with Crippen LogP contribution in [0.5, 0.6) is 0 Å². The largest absolute Gasteiger partial charge is 0.444 e. The molecule has 0 aliphatic carbocycles. The fraction of sp³-hybridized carbons (Fsp3) is 0.357. The lowest BCUT2D eigenvalue weighted by Gasteiger charge is -2.27. The Morgan fingerprint density at radius 1 is 1.36 bits per heavy atom. The van der Waals surface area contributed by atoms with Crippen molar-refractivity contribution < 1.29 is 9.21 Å². The molecule has 0 fully saturated rings. The van der Waals surface area contributed by atoms with Gasteiger partial charge in [-0.15, -0.1) is 0 Å². The Labute approximate surface area is 129 Å². The first-order valence-electron chi connectivity index (χ1n) is 6.77. The second-order valence-corrected chi connectivity index (χ2v) is 5.93. The number of hydrogen-bond donors (Lipinski definition) is 2. The van der Waals surface area contributed by atoms with Gasteiger partial charge in [0.05, 0.1) is 6.54 Å². The molecule has 0 bridgehead atoms. The molecule has 8 heteroatoms. The van der Waals surface area contributed by atoms with Crippen LogP contribution < -0.4 is 11.2 Å². The van der Waals surface area contributed by atoms with E-state index in [1.54, 1.807) is 4.90 Å². The van der Waals surface area contributed by atoms with Crippen LogP contribution in [0.1, 0.15) is 27.4 Å². The summed E-state index contributed by atoms with van der Waals surface area (Å²) in [4.78, 5) is 42.0. The van der Waals surface area contributed by atoms with Gasteiger partial charge in [-0.05, 0) is 25.7 Å². The summed E-state index contributed by atoms with van der Waals surface area (Å²) in [6.45, 7) is 2.43. The average molecular weight is 321 g/mol. The highest BCUT2D eigenvalue weighted by molar-refractivity contribution is 7.98. The molecule has 22 heavy (non-hydrogen) atoms. The number of rotatable bonds is 2. The smallest absolute Gasteiger partial charge is 0.325 e. The number of thioether (sulfide) groups is 1. The van der Waals surface area contributed by atoms with E-state index in [1.807, 2.05) is 19.2 Å². The van der Waals surface area contributed by atoms with Crippen LogP contribution in [-0.2, 0) is 13.0 Å². The summed E-state index contributed by atoms with van der Waals surface area (Å²) in [6, 6.07) is 1.82. The number of H-pyrrole nitrogens is 2. The number of nitrogens with one attached hydrogen (secondary N) is 2. The molecule has 1 aliphatic rings. The number of aryl methyl sites for hydroxylation is 1. The lowest BCUT2D eigenvalue weighted by atomic mass is 10.1. The predicted molar refractivity (Wildman–Crippen MR) is 81.4 cm³/mol. The number of aromatic nitrogens is 2. The number of furan rings is 1. The van der Waals surface area contributed by atoms with E-state index in [2.05, 4.69) is 9.97 Å². The molecule has 0 atom stereocenters. The van der Waals surface area contributed by atoms with Crippen LogP contribution in [0.15, 0.2) is 25.2 Å². The highest BCUT2D eigenvalue weighted by Gasteiger charge is 2.27. The van der Waals surface area contributed by atoms with E-state index in [1.165, 1.54) is 11.8 Å². The van der Waals surface area contributed by atoms with Crippen molar-refractivity contribution in [3.05, 3.63) is 49.5 Å². The zero-order chi connectivity index (χ0) is 15.9. The van der Waals surface area contributed by atoms with Crippen LogP contribution in [0.2, 0.25) is 0 Å². The van der Waals surface area contributed by atoms with Crippen molar-refractivity contribution in [2.75, 3.05) is 12.8 Å². The topological polar surface area (TPSA) is 99.2 Å². The van der Waals surface area contributed by atoms with Crippen LogP contribution in [0, 0.1) is 6.92 Å². The average Bonchev–Trinajstić information content (AvgIpc) is 2.86. The standard InChI is InChI=1S/C14H15N3O4S/c1-7-5-10(22-2)21-11(7)13(19)17-4-3-8-9(6-17)15-14(20)16-12(8)18/h5H,3-4,6H2,1-2H3,(H2,15,16,18,20). The van der Waals surface area contributed by atoms with Gasteiger partial charge in [-0.25, -0.2) is 4.79 Å². The molecule has 1 amide bonds. The van der Waals surface area contributed by atoms with Gasteiger partial charge in [0.2, 0.25) is 0 Å². The molecule has 0 saturated carbocycles. The number of nitrogens with zero attached hydrogens (tertiary/aromatic N) is 1. The van der Waals surface area contributed by atoms with Gasteiger partial charge in [0.1, 0.15) is 0 Å². The van der Waals surface area contributed by atoms with E-state index < -0.39 is 5.69 Å². The third-order valence-corrected chi connectivity index (χ3v) is 4.29. The summed E-state index contributed by atoms with van der Waals surface area (Å²) in [6.07, 6.45) is 2.28. The van der Waals surface area contributed by atoms with Gasteiger partial charge in [0.25, 0.3) is 11.5 Å². The fourth-order valence-corrected chi connectivity index (χ4v) is 3.02. The molecule has 3 rings (SSSR count). The Balaban J connectivity index is 1.91. The number of amides is 1. The second-order valence-electron chi connectivity index (χ2n) is 5.12. The Hall–Kier alpha value is -2.22. The quantitative estimate of drug-likeness (QED) is 0.800. The van der Waals surface area contributed by atoms with Crippen LogP contribution in [0.25, 0.3) is 0 Å². The zero-order valence-corrected chi connectivity index (χ0v) is 13.0. The zero-order valence-electron chi connectivity index (χ0n) is 12.2. The molecule has 3 heterocycles. The van der Waals surface area contributed by atoms with E-state index in [9.17, 15) is 14.4 Å². The summed E-state index contributed by atoms with van der Waals surface area (Å²) in [5.41, 5.74) is 0.855. The minimum absolute atomic E-state index is 0.196. The molecule has 0 unspecified atom stereocenters. The Morgan fingerprint density at radius 2 is 2.14 bits per heavy atom. The van der Waals surface area contributed by atoms with Gasteiger partial charge in [-0.2, -0.15) is 0 Å². The molecule has 0 spiro atoms. The minimum atomic E-state index is -0.558. The van der Waals surface area contributed by atoms with Crippen molar-refractivity contribution in [3.63, 3.8) is 0 Å². The molecule has 7 nitrogen and oxygen atoms in total. The summed E-state index contributed by atoms with van der Waals surface area (Å²) in [5.74, 6) is 0.0737. The normalized spacial score (nSPS) is 14.0. The van der Waals surface area contributed by atoms with E-state index >= 15 is 0 Å². The van der Waals surface area contributed by atoms with Gasteiger partial charge in [-0.1, -0.05) is 11.8 Å². The molecular formula is C14H15N3O4S. The van der Waals surface area contributed by atoms with E-state index in [0.29, 0.717) is 35.1 Å². The SMILES string of the molecule is CSc1cc(C)c(C(=O)N2CCc3c([nH]c(=O)[nH]c3=O)C2)o1. The summed E-state index contributed by atoms with van der Waals surface area (Å²) >= 11 is 1.43. The Bertz CT molecular complexity index is 849.